The van der Waals surface area contributed by atoms with Crippen molar-refractivity contribution in [1.82, 2.24) is 4.98 Å². The lowest BCUT2D eigenvalue weighted by atomic mass is 10.2. The van der Waals surface area contributed by atoms with Crippen LogP contribution in [-0.2, 0) is 4.79 Å². The molecule has 0 aliphatic heterocycles. The molecule has 0 aliphatic carbocycles. The molecule has 2 aromatic carbocycles. The van der Waals surface area contributed by atoms with E-state index < -0.39 is 0 Å². The molecule has 146 valence electrons. The van der Waals surface area contributed by atoms with Crippen molar-refractivity contribution < 1.29 is 18.7 Å². The first-order valence-corrected chi connectivity index (χ1v) is 9.35. The third-order valence-corrected chi connectivity index (χ3v) is 4.52. The van der Waals surface area contributed by atoms with E-state index in [4.69, 9.17) is 14.7 Å². The Bertz CT molecular complexity index is 1090. The van der Waals surface area contributed by atoms with Gasteiger partial charge in [0.15, 0.2) is 23.2 Å². The second-order valence-corrected chi connectivity index (χ2v) is 6.59. The van der Waals surface area contributed by atoms with Crippen LogP contribution in [0.1, 0.15) is 5.56 Å². The maximum atomic E-state index is 13.3. The molecule has 1 heterocycles. The van der Waals surface area contributed by atoms with Crippen molar-refractivity contribution >= 4 is 28.5 Å². The second kappa shape index (κ2) is 9.48. The van der Waals surface area contributed by atoms with Crippen LogP contribution in [0, 0.1) is 17.1 Å². The van der Waals surface area contributed by atoms with E-state index in [9.17, 15) is 9.18 Å². The van der Waals surface area contributed by atoms with Gasteiger partial charge in [0, 0.05) is 17.0 Å². The van der Waals surface area contributed by atoms with Gasteiger partial charge in [-0.25, -0.2) is 9.37 Å². The van der Waals surface area contributed by atoms with Crippen molar-refractivity contribution in [1.29, 1.82) is 5.26 Å². The Morgan fingerprint density at radius 1 is 1.31 bits per heavy atom. The number of nitrogens with zero attached hydrogens (tertiary/aromatic N) is 2. The predicted octanol–water partition coefficient (Wildman–Crippen LogP) is 4.51. The zero-order valence-corrected chi connectivity index (χ0v) is 16.2. The van der Waals surface area contributed by atoms with Gasteiger partial charge in [0.05, 0.1) is 12.8 Å². The van der Waals surface area contributed by atoms with Gasteiger partial charge in [-0.15, -0.1) is 11.3 Å². The number of ether oxygens (including phenoxy) is 2. The first-order chi connectivity index (χ1) is 14.1. The predicted molar refractivity (Wildman–Crippen MR) is 109 cm³/mol. The molecule has 1 N–H and O–H groups in total. The number of carbonyl (C=O) groups is 1. The topological polar surface area (TPSA) is 84.2 Å². The lowest BCUT2D eigenvalue weighted by Crippen LogP contribution is -2.07. The average Bonchev–Trinajstić information content (AvgIpc) is 3.19. The van der Waals surface area contributed by atoms with Gasteiger partial charge in [0.1, 0.15) is 11.9 Å². The summed E-state index contributed by atoms with van der Waals surface area (Å²) >= 11 is 1.25. The highest BCUT2D eigenvalue weighted by atomic mass is 32.1. The minimum absolute atomic E-state index is 0.0840. The van der Waals surface area contributed by atoms with Crippen molar-refractivity contribution in [2.24, 2.45) is 0 Å². The lowest BCUT2D eigenvalue weighted by Gasteiger charge is -2.08. The molecule has 0 saturated heterocycles. The Kier molecular flexibility index (Phi) is 6.55. The number of nitriles is 1. The zero-order chi connectivity index (χ0) is 20.6. The number of hydrogen-bond donors (Lipinski definition) is 1. The summed E-state index contributed by atoms with van der Waals surface area (Å²) in [6.45, 7) is -0.0840. The molecule has 1 aromatic heterocycles. The zero-order valence-electron chi connectivity index (χ0n) is 15.4. The highest BCUT2D eigenvalue weighted by molar-refractivity contribution is 7.14. The summed E-state index contributed by atoms with van der Waals surface area (Å²) in [5, 5.41) is 13.4. The highest BCUT2D eigenvalue weighted by Gasteiger charge is 2.08. The maximum absolute atomic E-state index is 13.3. The van der Waals surface area contributed by atoms with Crippen LogP contribution in [0.25, 0.3) is 17.3 Å². The number of anilines is 1. The smallest absolute Gasteiger partial charge is 0.250 e. The van der Waals surface area contributed by atoms with Gasteiger partial charge in [-0.3, -0.25) is 10.1 Å². The van der Waals surface area contributed by atoms with Crippen LogP contribution in [-0.4, -0.2) is 24.6 Å². The van der Waals surface area contributed by atoms with Crippen LogP contribution >= 0.6 is 11.3 Å². The summed E-state index contributed by atoms with van der Waals surface area (Å²) in [5.41, 5.74) is 1.95. The van der Waals surface area contributed by atoms with Crippen LogP contribution in [0.2, 0.25) is 0 Å². The largest absolute Gasteiger partial charge is 0.493 e. The van der Waals surface area contributed by atoms with Crippen molar-refractivity contribution in [2.75, 3.05) is 19.0 Å². The number of thiazole rings is 1. The summed E-state index contributed by atoms with van der Waals surface area (Å²) < 4.78 is 23.8. The molecule has 0 aliphatic rings. The van der Waals surface area contributed by atoms with Crippen molar-refractivity contribution in [2.45, 2.75) is 0 Å². The van der Waals surface area contributed by atoms with Gasteiger partial charge in [0.2, 0.25) is 5.91 Å². The van der Waals surface area contributed by atoms with E-state index in [-0.39, 0.29) is 18.3 Å². The Hall–Kier alpha value is -3.70. The van der Waals surface area contributed by atoms with Gasteiger partial charge in [-0.2, -0.15) is 5.26 Å². The van der Waals surface area contributed by atoms with Crippen molar-refractivity contribution in [3.05, 3.63) is 65.3 Å². The molecule has 0 atom stereocenters. The molecule has 6 nitrogen and oxygen atoms in total. The fourth-order valence-corrected chi connectivity index (χ4v) is 3.17. The Morgan fingerprint density at radius 2 is 2.17 bits per heavy atom. The van der Waals surface area contributed by atoms with Gasteiger partial charge >= 0.3 is 0 Å². The standard InChI is InChI=1S/C21H16FN3O3S/c1-27-19-11-14(5-7-18(19)28-10-9-23)6-8-20(26)25-21-24-17(13-29-21)15-3-2-4-16(22)12-15/h2-8,11-13H,10H2,1H3,(H,24,25,26)/b8-6+. The molecule has 3 rings (SSSR count). The maximum Gasteiger partial charge on any atom is 0.250 e. The number of halogens is 1. The third-order valence-electron chi connectivity index (χ3n) is 3.76. The number of methoxy groups -OCH3 is 1. The van der Waals surface area contributed by atoms with Crippen molar-refractivity contribution in [3.63, 3.8) is 0 Å². The molecule has 0 radical (unpaired) electrons. The highest BCUT2D eigenvalue weighted by Crippen LogP contribution is 2.29. The lowest BCUT2D eigenvalue weighted by molar-refractivity contribution is -0.111. The van der Waals surface area contributed by atoms with Gasteiger partial charge in [-0.05, 0) is 35.9 Å². The van der Waals surface area contributed by atoms with Crippen molar-refractivity contribution in [3.8, 4) is 28.8 Å². The number of aromatic nitrogens is 1. The van der Waals surface area contributed by atoms with E-state index in [1.165, 1.54) is 36.7 Å². The molecular formula is C21H16FN3O3S. The molecule has 0 fully saturated rings. The quantitative estimate of drug-likeness (QED) is 0.581. The van der Waals surface area contributed by atoms with Crippen LogP contribution < -0.4 is 14.8 Å². The van der Waals surface area contributed by atoms with Gasteiger partial charge < -0.3 is 9.47 Å². The Labute approximate surface area is 170 Å². The monoisotopic (exact) mass is 409 g/mol. The third kappa shape index (κ3) is 5.40. The van der Waals surface area contributed by atoms with E-state index in [0.717, 1.165) is 5.56 Å². The second-order valence-electron chi connectivity index (χ2n) is 5.73. The van der Waals surface area contributed by atoms with E-state index >= 15 is 0 Å². The first kappa shape index (κ1) is 20.0. The Morgan fingerprint density at radius 3 is 2.93 bits per heavy atom. The average molecular weight is 409 g/mol. The molecule has 29 heavy (non-hydrogen) atoms. The summed E-state index contributed by atoms with van der Waals surface area (Å²) in [7, 11) is 1.49. The van der Waals surface area contributed by atoms with Gasteiger partial charge in [-0.1, -0.05) is 18.2 Å². The normalized spacial score (nSPS) is 10.5. The van der Waals surface area contributed by atoms with E-state index in [1.54, 1.807) is 41.8 Å². The number of carbonyl (C=O) groups excluding carboxylic acids is 1. The molecule has 0 unspecified atom stereocenters. The van der Waals surface area contributed by atoms with E-state index in [1.807, 2.05) is 6.07 Å². The fraction of sp³-hybridized carbons (Fsp3) is 0.0952. The molecule has 0 saturated carbocycles. The minimum atomic E-state index is -0.353. The number of benzene rings is 2. The summed E-state index contributed by atoms with van der Waals surface area (Å²) in [6, 6.07) is 13.1. The summed E-state index contributed by atoms with van der Waals surface area (Å²) in [4.78, 5) is 16.5. The Balaban J connectivity index is 1.65. The number of amides is 1. The molecule has 8 heteroatoms. The van der Waals surface area contributed by atoms with Crippen LogP contribution in [0.15, 0.2) is 53.9 Å². The molecule has 0 bridgehead atoms. The van der Waals surface area contributed by atoms with E-state index in [2.05, 4.69) is 10.3 Å². The molecule has 0 spiro atoms. The molecule has 3 aromatic rings. The summed E-state index contributed by atoms with van der Waals surface area (Å²) in [6.07, 6.45) is 2.99. The first-order valence-electron chi connectivity index (χ1n) is 8.47. The number of hydrogen-bond acceptors (Lipinski definition) is 6. The van der Waals surface area contributed by atoms with Crippen LogP contribution in [0.4, 0.5) is 9.52 Å². The molecular weight excluding hydrogens is 393 g/mol. The minimum Gasteiger partial charge on any atom is -0.493 e. The SMILES string of the molecule is COc1cc(/C=C/C(=O)Nc2nc(-c3cccc(F)c3)cs2)ccc1OCC#N. The molecule has 1 amide bonds. The van der Waals surface area contributed by atoms with E-state index in [0.29, 0.717) is 27.9 Å². The van der Waals surface area contributed by atoms with Crippen LogP contribution in [0.3, 0.4) is 0 Å². The van der Waals surface area contributed by atoms with Gasteiger partial charge in [0.25, 0.3) is 0 Å². The number of nitrogens with one attached hydrogen (secondary N) is 1. The summed E-state index contributed by atoms with van der Waals surface area (Å²) in [5.74, 6) is 0.211. The van der Waals surface area contributed by atoms with Crippen LogP contribution in [0.5, 0.6) is 11.5 Å². The number of rotatable bonds is 7. The fourth-order valence-electron chi connectivity index (χ4n) is 2.45.